The highest BCUT2D eigenvalue weighted by atomic mass is 16.5. The molecule has 0 bridgehead atoms. The molecule has 0 rings (SSSR count). The van der Waals surface area contributed by atoms with Gasteiger partial charge in [0.25, 0.3) is 0 Å². The molecule has 1 N–H and O–H groups in total. The number of hydrogen-bond acceptors (Lipinski definition) is 2. The zero-order valence-corrected chi connectivity index (χ0v) is 10.7. The zero-order chi connectivity index (χ0) is 12.2. The first kappa shape index (κ1) is 15.2. The maximum atomic E-state index is 11.1. The van der Waals surface area contributed by atoms with Crippen molar-refractivity contribution in [2.45, 2.75) is 45.4 Å². The van der Waals surface area contributed by atoms with Crippen molar-refractivity contribution in [3.05, 3.63) is 12.2 Å². The Bertz CT molecular complexity index is 202. The van der Waals surface area contributed by atoms with Crippen molar-refractivity contribution < 1.29 is 9.53 Å². The number of carbonyl (C=O) groups is 1. The summed E-state index contributed by atoms with van der Waals surface area (Å²) in [4.78, 5) is 11.1. The Balaban J connectivity index is 3.10. The Kier molecular flexibility index (Phi) is 10.1. The summed E-state index contributed by atoms with van der Waals surface area (Å²) >= 11 is 0. The normalized spacial score (nSPS) is 10.1. The van der Waals surface area contributed by atoms with Gasteiger partial charge in [0.2, 0.25) is 5.91 Å². The summed E-state index contributed by atoms with van der Waals surface area (Å²) in [7, 11) is 1.74. The van der Waals surface area contributed by atoms with Gasteiger partial charge in [-0.2, -0.15) is 0 Å². The van der Waals surface area contributed by atoms with E-state index >= 15 is 0 Å². The molecule has 3 nitrogen and oxygen atoms in total. The molecule has 0 saturated heterocycles. The molecule has 0 aromatic rings. The molecule has 3 heteroatoms. The van der Waals surface area contributed by atoms with E-state index < -0.39 is 0 Å². The molecule has 1 amide bonds. The first-order valence-electron chi connectivity index (χ1n) is 6.11. The van der Waals surface area contributed by atoms with Gasteiger partial charge in [0.05, 0.1) is 0 Å². The fourth-order valence-electron chi connectivity index (χ4n) is 1.43. The molecule has 0 aromatic heterocycles. The summed E-state index contributed by atoms with van der Waals surface area (Å²) in [5.41, 5.74) is 0.583. The number of rotatable bonds is 10. The van der Waals surface area contributed by atoms with Crippen LogP contribution in [0.4, 0.5) is 0 Å². The highest BCUT2D eigenvalue weighted by Crippen LogP contribution is 2.04. The van der Waals surface area contributed by atoms with E-state index in [1.807, 2.05) is 0 Å². The highest BCUT2D eigenvalue weighted by Gasteiger charge is 1.99. The average molecular weight is 227 g/mol. The van der Waals surface area contributed by atoms with Crippen molar-refractivity contribution >= 4 is 5.91 Å². The van der Waals surface area contributed by atoms with Crippen LogP contribution in [0.15, 0.2) is 12.2 Å². The number of nitrogens with one attached hydrogen (secondary N) is 1. The van der Waals surface area contributed by atoms with Gasteiger partial charge in [-0.3, -0.25) is 4.79 Å². The van der Waals surface area contributed by atoms with Crippen LogP contribution in [0.1, 0.15) is 45.4 Å². The van der Waals surface area contributed by atoms with Crippen LogP contribution in [-0.4, -0.2) is 26.2 Å². The number of carbonyl (C=O) groups excluding carboxylic acids is 1. The van der Waals surface area contributed by atoms with Crippen LogP contribution < -0.4 is 5.32 Å². The molecule has 0 aliphatic carbocycles. The van der Waals surface area contributed by atoms with Gasteiger partial charge in [-0.15, -0.1) is 0 Å². The molecule has 16 heavy (non-hydrogen) atoms. The van der Waals surface area contributed by atoms with Gasteiger partial charge >= 0.3 is 0 Å². The number of hydrogen-bond donors (Lipinski definition) is 1. The van der Waals surface area contributed by atoms with Crippen LogP contribution in [0.2, 0.25) is 0 Å². The standard InChI is InChI=1S/C13H25NO2/c1-12(2)13(15)14-10-8-6-4-5-7-9-11-16-3/h1,4-11H2,2-3H3,(H,14,15). The first-order chi connectivity index (χ1) is 7.68. The van der Waals surface area contributed by atoms with Crippen LogP contribution >= 0.6 is 0 Å². The number of methoxy groups -OCH3 is 1. The molecule has 0 heterocycles. The lowest BCUT2D eigenvalue weighted by atomic mass is 10.1. The van der Waals surface area contributed by atoms with E-state index in [9.17, 15) is 4.79 Å². The topological polar surface area (TPSA) is 38.3 Å². The third kappa shape index (κ3) is 9.71. The van der Waals surface area contributed by atoms with Crippen molar-refractivity contribution in [2.75, 3.05) is 20.3 Å². The molecule has 0 spiro atoms. The maximum Gasteiger partial charge on any atom is 0.246 e. The quantitative estimate of drug-likeness (QED) is 0.460. The van der Waals surface area contributed by atoms with Gasteiger partial charge in [0, 0.05) is 25.8 Å². The largest absolute Gasteiger partial charge is 0.385 e. The lowest BCUT2D eigenvalue weighted by Crippen LogP contribution is -2.24. The molecule has 0 fully saturated rings. The van der Waals surface area contributed by atoms with Crippen molar-refractivity contribution in [1.29, 1.82) is 0 Å². The number of unbranched alkanes of at least 4 members (excludes halogenated alkanes) is 5. The minimum atomic E-state index is -0.0277. The second-order valence-electron chi connectivity index (χ2n) is 4.15. The van der Waals surface area contributed by atoms with E-state index in [4.69, 9.17) is 4.74 Å². The Hall–Kier alpha value is -0.830. The van der Waals surface area contributed by atoms with Crippen LogP contribution in [-0.2, 0) is 9.53 Å². The summed E-state index contributed by atoms with van der Waals surface area (Å²) < 4.78 is 4.98. The van der Waals surface area contributed by atoms with E-state index in [2.05, 4.69) is 11.9 Å². The molecule has 0 saturated carbocycles. The van der Waals surface area contributed by atoms with Crippen molar-refractivity contribution in [3.63, 3.8) is 0 Å². The predicted octanol–water partition coefficient (Wildman–Crippen LogP) is 2.67. The monoisotopic (exact) mass is 227 g/mol. The third-order valence-electron chi connectivity index (χ3n) is 2.45. The average Bonchev–Trinajstić information content (AvgIpc) is 2.26. The van der Waals surface area contributed by atoms with Crippen molar-refractivity contribution in [2.24, 2.45) is 0 Å². The highest BCUT2D eigenvalue weighted by molar-refractivity contribution is 5.91. The third-order valence-corrected chi connectivity index (χ3v) is 2.45. The second kappa shape index (κ2) is 10.7. The zero-order valence-electron chi connectivity index (χ0n) is 10.7. The minimum absolute atomic E-state index is 0.0277. The summed E-state index contributed by atoms with van der Waals surface area (Å²) in [5, 5.41) is 2.83. The van der Waals surface area contributed by atoms with Crippen LogP contribution in [0.3, 0.4) is 0 Å². The number of ether oxygens (including phenoxy) is 1. The molecule has 0 atom stereocenters. The lowest BCUT2D eigenvalue weighted by Gasteiger charge is -2.04. The lowest BCUT2D eigenvalue weighted by molar-refractivity contribution is -0.117. The maximum absolute atomic E-state index is 11.1. The fraction of sp³-hybridized carbons (Fsp3) is 0.769. The molecule has 0 aliphatic heterocycles. The van der Waals surface area contributed by atoms with Gasteiger partial charge in [0.15, 0.2) is 0 Å². The summed E-state index contributed by atoms with van der Waals surface area (Å²) in [6.45, 7) is 6.95. The fourth-order valence-corrected chi connectivity index (χ4v) is 1.43. The van der Waals surface area contributed by atoms with E-state index in [1.54, 1.807) is 14.0 Å². The molecular formula is C13H25NO2. The molecule has 0 unspecified atom stereocenters. The van der Waals surface area contributed by atoms with Crippen molar-refractivity contribution in [3.8, 4) is 0 Å². The summed E-state index contributed by atoms with van der Waals surface area (Å²) in [6, 6.07) is 0. The molecule has 0 aliphatic rings. The Morgan fingerprint density at radius 2 is 1.69 bits per heavy atom. The second-order valence-corrected chi connectivity index (χ2v) is 4.15. The van der Waals surface area contributed by atoms with E-state index in [0.717, 1.165) is 26.0 Å². The Morgan fingerprint density at radius 1 is 1.12 bits per heavy atom. The van der Waals surface area contributed by atoms with Gasteiger partial charge < -0.3 is 10.1 Å². The SMILES string of the molecule is C=C(C)C(=O)NCCCCCCCCOC. The van der Waals surface area contributed by atoms with Gasteiger partial charge in [-0.25, -0.2) is 0 Å². The molecule has 94 valence electrons. The minimum Gasteiger partial charge on any atom is -0.385 e. The van der Waals surface area contributed by atoms with E-state index in [0.29, 0.717) is 5.57 Å². The molecule has 0 aromatic carbocycles. The van der Waals surface area contributed by atoms with Crippen LogP contribution in [0.25, 0.3) is 0 Å². The van der Waals surface area contributed by atoms with Gasteiger partial charge in [0.1, 0.15) is 0 Å². The van der Waals surface area contributed by atoms with Gasteiger partial charge in [-0.05, 0) is 19.8 Å². The predicted molar refractivity (Wildman–Crippen MR) is 67.4 cm³/mol. The first-order valence-corrected chi connectivity index (χ1v) is 6.11. The molecule has 0 radical (unpaired) electrons. The smallest absolute Gasteiger partial charge is 0.246 e. The van der Waals surface area contributed by atoms with Crippen LogP contribution in [0, 0.1) is 0 Å². The summed E-state index contributed by atoms with van der Waals surface area (Å²) in [6.07, 6.45) is 7.14. The Labute approximate surface area is 99.3 Å². The van der Waals surface area contributed by atoms with Crippen molar-refractivity contribution in [1.82, 2.24) is 5.32 Å². The summed E-state index contributed by atoms with van der Waals surface area (Å²) in [5.74, 6) is -0.0277. The Morgan fingerprint density at radius 3 is 2.25 bits per heavy atom. The number of amides is 1. The van der Waals surface area contributed by atoms with E-state index in [1.165, 1.54) is 25.7 Å². The van der Waals surface area contributed by atoms with Gasteiger partial charge in [-0.1, -0.05) is 32.3 Å². The van der Waals surface area contributed by atoms with Crippen LogP contribution in [0.5, 0.6) is 0 Å². The van der Waals surface area contributed by atoms with E-state index in [-0.39, 0.29) is 5.91 Å². The molecular weight excluding hydrogens is 202 g/mol.